The van der Waals surface area contributed by atoms with Crippen LogP contribution < -0.4 is 4.90 Å². The van der Waals surface area contributed by atoms with Crippen LogP contribution in [0, 0.1) is 0 Å². The SMILES string of the molecule is c1ccc2c(c1)Cc1cc3c(cc1-2)-c1cc2c(cc1C3)N1c3ccncc3Cc3nccc(c31)C2. The number of benzene rings is 3. The maximum absolute atomic E-state index is 4.77. The molecule has 2 aromatic heterocycles. The molecule has 0 saturated heterocycles. The smallest absolute Gasteiger partial charge is 0.0716 e. The Morgan fingerprint density at radius 1 is 0.543 bits per heavy atom. The Hall–Kier alpha value is -4.24. The summed E-state index contributed by atoms with van der Waals surface area (Å²) in [6.07, 6.45) is 9.75. The molecule has 5 aromatic rings. The fraction of sp³-hybridized carbons (Fsp3) is 0.125. The topological polar surface area (TPSA) is 29.0 Å². The van der Waals surface area contributed by atoms with Crippen molar-refractivity contribution in [1.82, 2.24) is 9.97 Å². The number of aromatic nitrogens is 2. The number of fused-ring (bicyclic) bond motifs is 10. The second-order valence-electron chi connectivity index (χ2n) is 10.3. The molecule has 35 heavy (non-hydrogen) atoms. The Labute approximate surface area is 203 Å². The first-order chi connectivity index (χ1) is 17.3. The molecular formula is C32H21N3. The number of rotatable bonds is 0. The largest absolute Gasteiger partial charge is 0.308 e. The second-order valence-corrected chi connectivity index (χ2v) is 10.3. The van der Waals surface area contributed by atoms with Gasteiger partial charge in [0.1, 0.15) is 0 Å². The van der Waals surface area contributed by atoms with Gasteiger partial charge in [0.2, 0.25) is 0 Å². The first-order valence-electron chi connectivity index (χ1n) is 12.4. The molecule has 0 spiro atoms. The third-order valence-electron chi connectivity index (χ3n) is 8.40. The number of anilines is 3. The van der Waals surface area contributed by atoms with Crippen LogP contribution in [0.4, 0.5) is 17.1 Å². The van der Waals surface area contributed by atoms with E-state index in [1.165, 1.54) is 78.3 Å². The molecule has 4 aliphatic rings. The standard InChI is InChI=1S/C32H21N3/c1-2-4-25-18(3-1)9-20-11-21-12-22-15-31-23(13-26(22)28(21)16-27(20)25)10-19-5-8-34-29-14-24-17-33-7-6-30(24)35(31)32(19)29/h1-8,11,13,15-17H,9-10,12,14H2. The maximum Gasteiger partial charge on any atom is 0.0716 e. The van der Waals surface area contributed by atoms with E-state index in [0.717, 1.165) is 31.4 Å². The molecule has 0 fully saturated rings. The Morgan fingerprint density at radius 3 is 2.31 bits per heavy atom. The highest BCUT2D eigenvalue weighted by Gasteiger charge is 2.34. The number of pyridine rings is 2. The van der Waals surface area contributed by atoms with Gasteiger partial charge in [0.25, 0.3) is 0 Å². The van der Waals surface area contributed by atoms with Crippen LogP contribution in [0.25, 0.3) is 22.3 Å². The molecule has 0 atom stereocenters. The molecular weight excluding hydrogens is 426 g/mol. The van der Waals surface area contributed by atoms with E-state index in [4.69, 9.17) is 4.98 Å². The molecule has 0 saturated carbocycles. The minimum absolute atomic E-state index is 0.849. The summed E-state index contributed by atoms with van der Waals surface area (Å²) in [5.41, 5.74) is 20.5. The Bertz CT molecular complexity index is 1760. The van der Waals surface area contributed by atoms with Crippen LogP contribution in [0.5, 0.6) is 0 Å². The second kappa shape index (κ2) is 6.25. The highest BCUT2D eigenvalue weighted by molar-refractivity contribution is 5.92. The maximum atomic E-state index is 4.77. The molecule has 3 aromatic carbocycles. The number of hydrogen-bond acceptors (Lipinski definition) is 3. The summed E-state index contributed by atoms with van der Waals surface area (Å²) in [6, 6.07) is 23.1. The van der Waals surface area contributed by atoms with Crippen molar-refractivity contribution in [3.8, 4) is 22.3 Å². The first kappa shape index (κ1) is 18.1. The van der Waals surface area contributed by atoms with Gasteiger partial charge in [0.15, 0.2) is 0 Å². The molecule has 2 aliphatic carbocycles. The normalized spacial score (nSPS) is 14.9. The van der Waals surface area contributed by atoms with E-state index in [0.29, 0.717) is 0 Å². The number of hydrogen-bond donors (Lipinski definition) is 0. The van der Waals surface area contributed by atoms with Crippen LogP contribution in [0.2, 0.25) is 0 Å². The van der Waals surface area contributed by atoms with Gasteiger partial charge in [-0.1, -0.05) is 30.3 Å². The molecule has 3 heteroatoms. The fourth-order valence-corrected chi connectivity index (χ4v) is 6.88. The number of nitrogens with zero attached hydrogens (tertiary/aromatic N) is 3. The molecule has 3 nitrogen and oxygen atoms in total. The van der Waals surface area contributed by atoms with Crippen molar-refractivity contribution in [2.24, 2.45) is 0 Å². The van der Waals surface area contributed by atoms with Gasteiger partial charge in [-0.15, -0.1) is 0 Å². The van der Waals surface area contributed by atoms with Crippen molar-refractivity contribution in [3.63, 3.8) is 0 Å². The zero-order valence-electron chi connectivity index (χ0n) is 19.2. The predicted molar refractivity (Wildman–Crippen MR) is 139 cm³/mol. The zero-order valence-corrected chi connectivity index (χ0v) is 19.2. The van der Waals surface area contributed by atoms with Gasteiger partial charge in [-0.05, 0) is 98.8 Å². The van der Waals surface area contributed by atoms with Crippen molar-refractivity contribution in [2.75, 3.05) is 4.90 Å². The van der Waals surface area contributed by atoms with E-state index in [9.17, 15) is 0 Å². The summed E-state index contributed by atoms with van der Waals surface area (Å²) in [7, 11) is 0. The lowest BCUT2D eigenvalue weighted by molar-refractivity contribution is 0.951. The quantitative estimate of drug-likeness (QED) is 0.253. The van der Waals surface area contributed by atoms with Gasteiger partial charge >= 0.3 is 0 Å². The predicted octanol–water partition coefficient (Wildman–Crippen LogP) is 6.90. The van der Waals surface area contributed by atoms with Crippen LogP contribution in [-0.2, 0) is 25.7 Å². The van der Waals surface area contributed by atoms with E-state index in [-0.39, 0.29) is 0 Å². The molecule has 2 aliphatic heterocycles. The van der Waals surface area contributed by atoms with Crippen LogP contribution in [-0.4, -0.2) is 9.97 Å². The van der Waals surface area contributed by atoms with Gasteiger partial charge in [0, 0.05) is 37.0 Å². The zero-order chi connectivity index (χ0) is 22.7. The van der Waals surface area contributed by atoms with Crippen molar-refractivity contribution in [2.45, 2.75) is 25.7 Å². The molecule has 0 N–H and O–H groups in total. The van der Waals surface area contributed by atoms with E-state index in [2.05, 4.69) is 70.5 Å². The van der Waals surface area contributed by atoms with Gasteiger partial charge in [-0.25, -0.2) is 0 Å². The monoisotopic (exact) mass is 447 g/mol. The highest BCUT2D eigenvalue weighted by atomic mass is 15.2. The molecule has 164 valence electrons. The summed E-state index contributed by atoms with van der Waals surface area (Å²) in [5, 5.41) is 0. The average molecular weight is 448 g/mol. The van der Waals surface area contributed by atoms with Gasteiger partial charge < -0.3 is 4.90 Å². The summed E-state index contributed by atoms with van der Waals surface area (Å²) in [5.74, 6) is 0. The van der Waals surface area contributed by atoms with E-state index in [1.807, 2.05) is 18.6 Å². The van der Waals surface area contributed by atoms with E-state index < -0.39 is 0 Å². The molecule has 0 amide bonds. The lowest BCUT2D eigenvalue weighted by Crippen LogP contribution is -2.25. The summed E-state index contributed by atoms with van der Waals surface area (Å²) >= 11 is 0. The molecule has 4 heterocycles. The van der Waals surface area contributed by atoms with Crippen LogP contribution in [0.1, 0.15) is 44.6 Å². The van der Waals surface area contributed by atoms with Crippen molar-refractivity contribution < 1.29 is 0 Å². The summed E-state index contributed by atoms with van der Waals surface area (Å²) in [4.78, 5) is 11.6. The first-order valence-corrected chi connectivity index (χ1v) is 12.4. The minimum atomic E-state index is 0.849. The van der Waals surface area contributed by atoms with Crippen molar-refractivity contribution in [3.05, 3.63) is 124 Å². The third kappa shape index (κ3) is 2.30. The Morgan fingerprint density at radius 2 is 1.34 bits per heavy atom. The Kier molecular flexibility index (Phi) is 3.24. The Balaban J connectivity index is 1.25. The lowest BCUT2D eigenvalue weighted by Gasteiger charge is -2.38. The van der Waals surface area contributed by atoms with Crippen LogP contribution in [0.15, 0.2) is 79.3 Å². The van der Waals surface area contributed by atoms with E-state index >= 15 is 0 Å². The molecule has 0 bridgehead atoms. The fourth-order valence-electron chi connectivity index (χ4n) is 6.88. The summed E-state index contributed by atoms with van der Waals surface area (Å²) in [6.45, 7) is 0. The van der Waals surface area contributed by atoms with Gasteiger partial charge in [-0.2, -0.15) is 0 Å². The van der Waals surface area contributed by atoms with Crippen LogP contribution >= 0.6 is 0 Å². The molecule has 0 unspecified atom stereocenters. The van der Waals surface area contributed by atoms with Gasteiger partial charge in [-0.3, -0.25) is 9.97 Å². The molecule has 9 rings (SSSR count). The molecule has 0 radical (unpaired) electrons. The average Bonchev–Trinajstić information content (AvgIpc) is 3.42. The minimum Gasteiger partial charge on any atom is -0.308 e. The lowest BCUT2D eigenvalue weighted by atomic mass is 9.87. The van der Waals surface area contributed by atoms with Gasteiger partial charge in [0.05, 0.1) is 22.8 Å². The third-order valence-corrected chi connectivity index (χ3v) is 8.40. The van der Waals surface area contributed by atoms with Crippen molar-refractivity contribution in [1.29, 1.82) is 0 Å². The summed E-state index contributed by atoms with van der Waals surface area (Å²) < 4.78 is 0. The highest BCUT2D eigenvalue weighted by Crippen LogP contribution is 2.52. The van der Waals surface area contributed by atoms with E-state index in [1.54, 1.807) is 0 Å². The van der Waals surface area contributed by atoms with Crippen molar-refractivity contribution >= 4 is 17.1 Å². The van der Waals surface area contributed by atoms with Crippen LogP contribution in [0.3, 0.4) is 0 Å².